The van der Waals surface area contributed by atoms with Crippen molar-refractivity contribution in [3.8, 4) is 0 Å². The van der Waals surface area contributed by atoms with Crippen molar-refractivity contribution in [1.29, 1.82) is 0 Å². The van der Waals surface area contributed by atoms with E-state index < -0.39 is 0 Å². The lowest BCUT2D eigenvalue weighted by atomic mass is 9.90. The lowest BCUT2D eigenvalue weighted by Crippen LogP contribution is -2.44. The molecular weight excluding hydrogens is 296 g/mol. The van der Waals surface area contributed by atoms with Crippen molar-refractivity contribution in [1.82, 2.24) is 9.80 Å². The Labute approximate surface area is 151 Å². The first-order valence-corrected chi connectivity index (χ1v) is 10.5. The molecule has 0 aromatic heterocycles. The van der Waals surface area contributed by atoms with Crippen LogP contribution in [0, 0.1) is 11.8 Å². The fourth-order valence-corrected chi connectivity index (χ4v) is 4.33. The Morgan fingerprint density at radius 2 is 1.58 bits per heavy atom. The van der Waals surface area contributed by atoms with Crippen LogP contribution in [0.15, 0.2) is 0 Å². The topological polar surface area (TPSA) is 15.7 Å². The van der Waals surface area contributed by atoms with Crippen LogP contribution < -0.4 is 0 Å². The van der Waals surface area contributed by atoms with Crippen LogP contribution in [0.2, 0.25) is 0 Å². The Kier molecular flexibility index (Phi) is 8.53. The summed E-state index contributed by atoms with van der Waals surface area (Å²) in [4.78, 5) is 5.30. The minimum Gasteiger partial charge on any atom is -0.378 e. The number of piperidine rings is 1. The molecule has 0 amide bonds. The van der Waals surface area contributed by atoms with E-state index in [9.17, 15) is 0 Å². The van der Waals surface area contributed by atoms with Gasteiger partial charge in [-0.15, -0.1) is 0 Å². The van der Waals surface area contributed by atoms with E-state index in [0.717, 1.165) is 30.5 Å². The Balaban J connectivity index is 1.62. The molecule has 3 heteroatoms. The standard InChI is InChI=1S/C21H42N2O/c1-17(2)12-15-24-21-8-6-20(7-9-21)22(5)16-19-10-13-23(14-11-19)18(3)4/h17-21H,6-16H2,1-5H3. The molecule has 24 heavy (non-hydrogen) atoms. The Morgan fingerprint density at radius 1 is 0.958 bits per heavy atom. The van der Waals surface area contributed by atoms with Crippen LogP contribution in [0.5, 0.6) is 0 Å². The molecule has 0 radical (unpaired) electrons. The van der Waals surface area contributed by atoms with Gasteiger partial charge in [0.25, 0.3) is 0 Å². The maximum Gasteiger partial charge on any atom is 0.0576 e. The number of rotatable bonds is 8. The van der Waals surface area contributed by atoms with Gasteiger partial charge in [0, 0.05) is 25.2 Å². The van der Waals surface area contributed by atoms with Crippen molar-refractivity contribution in [2.75, 3.05) is 33.3 Å². The third kappa shape index (κ3) is 6.65. The molecule has 1 heterocycles. The first-order chi connectivity index (χ1) is 11.5. The van der Waals surface area contributed by atoms with E-state index in [1.54, 1.807) is 0 Å². The number of likely N-dealkylation sites (tertiary alicyclic amines) is 1. The van der Waals surface area contributed by atoms with Crippen molar-refractivity contribution in [2.24, 2.45) is 11.8 Å². The Hall–Kier alpha value is -0.120. The van der Waals surface area contributed by atoms with Gasteiger partial charge in [-0.25, -0.2) is 0 Å². The molecule has 3 nitrogen and oxygen atoms in total. The van der Waals surface area contributed by atoms with Gasteiger partial charge >= 0.3 is 0 Å². The molecule has 2 aliphatic rings. The number of ether oxygens (including phenoxy) is 1. The minimum atomic E-state index is 0.530. The van der Waals surface area contributed by atoms with Gasteiger partial charge in [0.1, 0.15) is 0 Å². The van der Waals surface area contributed by atoms with Gasteiger partial charge in [-0.3, -0.25) is 0 Å². The van der Waals surface area contributed by atoms with Crippen molar-refractivity contribution >= 4 is 0 Å². The molecule has 1 aliphatic heterocycles. The third-order valence-corrected chi connectivity index (χ3v) is 6.24. The highest BCUT2D eigenvalue weighted by Gasteiger charge is 2.27. The van der Waals surface area contributed by atoms with Crippen LogP contribution in [-0.2, 0) is 4.74 Å². The van der Waals surface area contributed by atoms with Gasteiger partial charge in [-0.1, -0.05) is 13.8 Å². The smallest absolute Gasteiger partial charge is 0.0576 e. The summed E-state index contributed by atoms with van der Waals surface area (Å²) in [5, 5.41) is 0. The second kappa shape index (κ2) is 10.1. The summed E-state index contributed by atoms with van der Waals surface area (Å²) in [5.74, 6) is 1.67. The molecule has 0 atom stereocenters. The van der Waals surface area contributed by atoms with Crippen molar-refractivity contribution in [3.05, 3.63) is 0 Å². The van der Waals surface area contributed by atoms with Gasteiger partial charge in [0.15, 0.2) is 0 Å². The van der Waals surface area contributed by atoms with Gasteiger partial charge in [-0.05, 0) is 90.8 Å². The van der Waals surface area contributed by atoms with Gasteiger partial charge in [0.05, 0.1) is 6.10 Å². The molecule has 0 aromatic rings. The zero-order valence-electron chi connectivity index (χ0n) is 17.0. The molecule has 1 saturated carbocycles. The maximum absolute atomic E-state index is 6.08. The quantitative estimate of drug-likeness (QED) is 0.652. The molecule has 2 fully saturated rings. The van der Waals surface area contributed by atoms with E-state index in [-0.39, 0.29) is 0 Å². The minimum absolute atomic E-state index is 0.530. The molecule has 1 saturated heterocycles. The van der Waals surface area contributed by atoms with E-state index in [1.807, 2.05) is 0 Å². The predicted octanol–water partition coefficient (Wildman–Crippen LogP) is 4.41. The number of nitrogens with zero attached hydrogens (tertiary/aromatic N) is 2. The molecule has 0 bridgehead atoms. The summed E-state index contributed by atoms with van der Waals surface area (Å²) in [6, 6.07) is 1.51. The first kappa shape index (κ1) is 20.2. The fraction of sp³-hybridized carbons (Fsp3) is 1.00. The van der Waals surface area contributed by atoms with E-state index in [1.165, 1.54) is 64.6 Å². The average Bonchev–Trinajstić information content (AvgIpc) is 2.55. The monoisotopic (exact) mass is 338 g/mol. The maximum atomic E-state index is 6.08. The van der Waals surface area contributed by atoms with Crippen LogP contribution >= 0.6 is 0 Å². The third-order valence-electron chi connectivity index (χ3n) is 6.24. The molecular formula is C21H42N2O. The molecule has 2 rings (SSSR count). The zero-order chi connectivity index (χ0) is 17.5. The highest BCUT2D eigenvalue weighted by molar-refractivity contribution is 4.82. The largest absolute Gasteiger partial charge is 0.378 e. The Morgan fingerprint density at radius 3 is 2.12 bits per heavy atom. The second-order valence-electron chi connectivity index (χ2n) is 9.00. The summed E-state index contributed by atoms with van der Waals surface area (Å²) in [6.07, 6.45) is 9.68. The first-order valence-electron chi connectivity index (χ1n) is 10.5. The van der Waals surface area contributed by atoms with Crippen molar-refractivity contribution < 1.29 is 4.74 Å². The van der Waals surface area contributed by atoms with E-state index >= 15 is 0 Å². The number of hydrogen-bond acceptors (Lipinski definition) is 3. The van der Waals surface area contributed by atoms with Crippen LogP contribution in [0.25, 0.3) is 0 Å². The van der Waals surface area contributed by atoms with Crippen LogP contribution in [0.4, 0.5) is 0 Å². The fourth-order valence-electron chi connectivity index (χ4n) is 4.33. The van der Waals surface area contributed by atoms with Crippen molar-refractivity contribution in [2.45, 2.75) is 90.8 Å². The van der Waals surface area contributed by atoms with E-state index in [4.69, 9.17) is 4.74 Å². The van der Waals surface area contributed by atoms with Crippen LogP contribution in [-0.4, -0.2) is 61.3 Å². The summed E-state index contributed by atoms with van der Waals surface area (Å²) < 4.78 is 6.08. The molecule has 0 spiro atoms. The average molecular weight is 339 g/mol. The van der Waals surface area contributed by atoms with Crippen molar-refractivity contribution in [3.63, 3.8) is 0 Å². The molecule has 0 aromatic carbocycles. The van der Waals surface area contributed by atoms with Crippen LogP contribution in [0.3, 0.4) is 0 Å². The SMILES string of the molecule is CC(C)CCOC1CCC(N(C)CC2CCN(C(C)C)CC2)CC1. The van der Waals surface area contributed by atoms with Crippen LogP contribution in [0.1, 0.15) is 72.6 Å². The lowest BCUT2D eigenvalue weighted by molar-refractivity contribution is 0.00311. The molecule has 142 valence electrons. The van der Waals surface area contributed by atoms with Gasteiger partial charge in [0.2, 0.25) is 0 Å². The summed E-state index contributed by atoms with van der Waals surface area (Å²) in [5.41, 5.74) is 0. The highest BCUT2D eigenvalue weighted by Crippen LogP contribution is 2.27. The summed E-state index contributed by atoms with van der Waals surface area (Å²) >= 11 is 0. The second-order valence-corrected chi connectivity index (χ2v) is 9.00. The van der Waals surface area contributed by atoms with Gasteiger partial charge < -0.3 is 14.5 Å². The number of hydrogen-bond donors (Lipinski definition) is 0. The molecule has 0 N–H and O–H groups in total. The molecule has 0 unspecified atom stereocenters. The lowest BCUT2D eigenvalue weighted by Gasteiger charge is -2.39. The normalized spacial score (nSPS) is 27.5. The van der Waals surface area contributed by atoms with E-state index in [2.05, 4.69) is 44.5 Å². The predicted molar refractivity (Wildman–Crippen MR) is 104 cm³/mol. The molecule has 1 aliphatic carbocycles. The summed E-state index contributed by atoms with van der Waals surface area (Å²) in [7, 11) is 2.36. The van der Waals surface area contributed by atoms with Gasteiger partial charge in [-0.2, -0.15) is 0 Å². The van der Waals surface area contributed by atoms with E-state index in [0.29, 0.717) is 6.10 Å². The zero-order valence-corrected chi connectivity index (χ0v) is 17.0. The summed E-state index contributed by atoms with van der Waals surface area (Å²) in [6.45, 7) is 14.1. The Bertz CT molecular complexity index is 329. The highest BCUT2D eigenvalue weighted by atomic mass is 16.5.